The number of aliphatic imine (C=N–C) groups is 1. The molecule has 5 nitrogen and oxygen atoms in total. The number of guanidine groups is 1. The number of phenolic OH excluding ortho intramolecular Hbond substituents is 1. The average Bonchev–Trinajstić information content (AvgIpc) is 3.00. The maximum atomic E-state index is 13.2. The fourth-order valence-electron chi connectivity index (χ4n) is 1.75. The third-order valence-electron chi connectivity index (χ3n) is 2.94. The third kappa shape index (κ3) is 6.30. The van der Waals surface area contributed by atoms with Gasteiger partial charge < -0.3 is 15.7 Å². The van der Waals surface area contributed by atoms with Crippen LogP contribution in [0.1, 0.15) is 16.3 Å². The molecule has 0 saturated heterocycles. The molecular formula is C14H15F4IN4OS. The van der Waals surface area contributed by atoms with Crippen LogP contribution in [0.2, 0.25) is 0 Å². The molecule has 11 heteroatoms. The first-order valence-corrected chi connectivity index (χ1v) is 7.61. The molecule has 0 aliphatic heterocycles. The van der Waals surface area contributed by atoms with Crippen LogP contribution < -0.4 is 10.6 Å². The van der Waals surface area contributed by atoms with Crippen molar-refractivity contribution in [3.63, 3.8) is 0 Å². The number of nitrogens with zero attached hydrogens (tertiary/aromatic N) is 2. The average molecular weight is 490 g/mol. The van der Waals surface area contributed by atoms with Crippen LogP contribution in [0.5, 0.6) is 5.75 Å². The topological polar surface area (TPSA) is 69.5 Å². The van der Waals surface area contributed by atoms with Crippen molar-refractivity contribution in [2.45, 2.75) is 19.3 Å². The van der Waals surface area contributed by atoms with E-state index in [9.17, 15) is 17.6 Å². The second-order valence-corrected chi connectivity index (χ2v) is 5.63. The summed E-state index contributed by atoms with van der Waals surface area (Å²) >= 11 is 0.893. The van der Waals surface area contributed by atoms with Crippen LogP contribution in [-0.2, 0) is 19.3 Å². The summed E-state index contributed by atoms with van der Waals surface area (Å²) in [5.41, 5.74) is -0.353. The molecule has 138 valence electrons. The predicted molar refractivity (Wildman–Crippen MR) is 97.6 cm³/mol. The molecule has 2 aromatic rings. The van der Waals surface area contributed by atoms with E-state index >= 15 is 0 Å². The maximum Gasteiger partial charge on any atom is 0.434 e. The molecule has 0 unspecified atom stereocenters. The molecular weight excluding hydrogens is 475 g/mol. The molecule has 0 spiro atoms. The van der Waals surface area contributed by atoms with E-state index in [0.29, 0.717) is 11.5 Å². The highest BCUT2D eigenvalue weighted by Gasteiger charge is 2.33. The van der Waals surface area contributed by atoms with Crippen LogP contribution >= 0.6 is 35.3 Å². The minimum Gasteiger partial charge on any atom is -0.505 e. The molecule has 2 rings (SSSR count). The summed E-state index contributed by atoms with van der Waals surface area (Å²) in [5, 5.41) is 16.0. The van der Waals surface area contributed by atoms with E-state index in [2.05, 4.69) is 20.6 Å². The summed E-state index contributed by atoms with van der Waals surface area (Å²) in [6.45, 7) is 0.299. The molecule has 1 heterocycles. The Morgan fingerprint density at radius 1 is 1.28 bits per heavy atom. The summed E-state index contributed by atoms with van der Waals surface area (Å²) in [7, 11) is 1.50. The Kier molecular flexibility index (Phi) is 7.86. The molecule has 1 aromatic heterocycles. The van der Waals surface area contributed by atoms with Gasteiger partial charge in [0.25, 0.3) is 0 Å². The Morgan fingerprint density at radius 3 is 2.52 bits per heavy atom. The van der Waals surface area contributed by atoms with Gasteiger partial charge >= 0.3 is 6.18 Å². The highest BCUT2D eigenvalue weighted by molar-refractivity contribution is 14.0. The van der Waals surface area contributed by atoms with Crippen molar-refractivity contribution in [1.82, 2.24) is 15.6 Å². The standard InChI is InChI=1S/C14H14F4N4OS.HI/c1-19-13(20-5-8-2-3-10(23)9(15)4-8)21-6-12-22-11(7-24-12)14(16,17)18;/h2-4,7,23H,5-6H2,1H3,(H2,19,20,21);1H. The molecule has 0 aliphatic carbocycles. The summed E-state index contributed by atoms with van der Waals surface area (Å²) in [6, 6.07) is 3.94. The SMILES string of the molecule is CN=C(NCc1ccc(O)c(F)c1)NCc1nc(C(F)(F)F)cs1.I. The van der Waals surface area contributed by atoms with Crippen molar-refractivity contribution in [2.75, 3.05) is 7.05 Å². The third-order valence-corrected chi connectivity index (χ3v) is 3.79. The van der Waals surface area contributed by atoms with Crippen molar-refractivity contribution in [2.24, 2.45) is 4.99 Å². The monoisotopic (exact) mass is 490 g/mol. The van der Waals surface area contributed by atoms with Gasteiger partial charge in [-0.05, 0) is 17.7 Å². The number of phenols is 1. The number of benzene rings is 1. The normalized spacial score (nSPS) is 11.8. The fraction of sp³-hybridized carbons (Fsp3) is 0.286. The van der Waals surface area contributed by atoms with Crippen molar-refractivity contribution < 1.29 is 22.7 Å². The molecule has 1 aromatic carbocycles. The molecule has 0 radical (unpaired) electrons. The lowest BCUT2D eigenvalue weighted by Crippen LogP contribution is -2.36. The van der Waals surface area contributed by atoms with Gasteiger partial charge in [0.15, 0.2) is 23.2 Å². The lowest BCUT2D eigenvalue weighted by atomic mass is 10.2. The Labute approximate surface area is 162 Å². The minimum atomic E-state index is -4.46. The molecule has 0 aliphatic rings. The van der Waals surface area contributed by atoms with Crippen LogP contribution in [0.15, 0.2) is 28.6 Å². The number of rotatable bonds is 4. The number of alkyl halides is 3. The molecule has 0 fully saturated rings. The maximum absolute atomic E-state index is 13.2. The number of aromatic hydroxyl groups is 1. The van der Waals surface area contributed by atoms with Crippen LogP contribution in [-0.4, -0.2) is 23.1 Å². The van der Waals surface area contributed by atoms with Gasteiger partial charge in [-0.1, -0.05) is 6.07 Å². The number of aromatic nitrogens is 1. The van der Waals surface area contributed by atoms with E-state index in [1.165, 1.54) is 25.2 Å². The highest BCUT2D eigenvalue weighted by Crippen LogP contribution is 2.29. The van der Waals surface area contributed by atoms with Crippen molar-refractivity contribution in [1.29, 1.82) is 0 Å². The van der Waals surface area contributed by atoms with Crippen molar-refractivity contribution in [3.05, 3.63) is 45.7 Å². The molecule has 0 amide bonds. The zero-order chi connectivity index (χ0) is 17.7. The zero-order valence-corrected chi connectivity index (χ0v) is 16.0. The second kappa shape index (κ2) is 9.17. The largest absolute Gasteiger partial charge is 0.505 e. The van der Waals surface area contributed by atoms with Gasteiger partial charge in [0, 0.05) is 19.0 Å². The van der Waals surface area contributed by atoms with E-state index in [4.69, 9.17) is 5.11 Å². The number of hydrogen-bond donors (Lipinski definition) is 3. The first kappa shape index (κ1) is 21.4. The first-order valence-electron chi connectivity index (χ1n) is 6.73. The van der Waals surface area contributed by atoms with E-state index in [-0.39, 0.29) is 42.1 Å². The van der Waals surface area contributed by atoms with Gasteiger partial charge in [-0.15, -0.1) is 35.3 Å². The van der Waals surface area contributed by atoms with Gasteiger partial charge in [0.2, 0.25) is 0 Å². The Morgan fingerprint density at radius 2 is 1.96 bits per heavy atom. The number of halogens is 5. The number of nitrogens with one attached hydrogen (secondary N) is 2. The van der Waals surface area contributed by atoms with E-state index in [1.807, 2.05) is 0 Å². The molecule has 0 bridgehead atoms. The van der Waals surface area contributed by atoms with Crippen LogP contribution in [0.4, 0.5) is 17.6 Å². The molecule has 25 heavy (non-hydrogen) atoms. The Balaban J connectivity index is 0.00000312. The zero-order valence-electron chi connectivity index (χ0n) is 12.9. The van der Waals surface area contributed by atoms with Gasteiger partial charge in [-0.3, -0.25) is 4.99 Å². The first-order chi connectivity index (χ1) is 11.3. The lowest BCUT2D eigenvalue weighted by Gasteiger charge is -2.11. The quantitative estimate of drug-likeness (QED) is 0.266. The summed E-state index contributed by atoms with van der Waals surface area (Å²) in [6.07, 6.45) is -4.46. The fourth-order valence-corrected chi connectivity index (χ4v) is 2.49. The van der Waals surface area contributed by atoms with Crippen LogP contribution in [0, 0.1) is 5.82 Å². The van der Waals surface area contributed by atoms with Gasteiger partial charge in [0.1, 0.15) is 5.01 Å². The molecule has 0 saturated carbocycles. The summed E-state index contributed by atoms with van der Waals surface area (Å²) < 4.78 is 50.7. The molecule has 3 N–H and O–H groups in total. The van der Waals surface area contributed by atoms with Gasteiger partial charge in [-0.25, -0.2) is 9.37 Å². The van der Waals surface area contributed by atoms with Crippen LogP contribution in [0.25, 0.3) is 0 Å². The second-order valence-electron chi connectivity index (χ2n) is 4.69. The van der Waals surface area contributed by atoms with Crippen molar-refractivity contribution in [3.8, 4) is 5.75 Å². The van der Waals surface area contributed by atoms with Crippen LogP contribution in [0.3, 0.4) is 0 Å². The number of thiazole rings is 1. The minimum absolute atomic E-state index is 0. The summed E-state index contributed by atoms with van der Waals surface area (Å²) in [5.74, 6) is -0.850. The number of hydrogen-bond acceptors (Lipinski definition) is 4. The van der Waals surface area contributed by atoms with E-state index in [0.717, 1.165) is 16.7 Å². The van der Waals surface area contributed by atoms with Gasteiger partial charge in [0.05, 0.1) is 6.54 Å². The molecule has 0 atom stereocenters. The Bertz CT molecular complexity index is 736. The predicted octanol–water partition coefficient (Wildman–Crippen LogP) is 3.49. The van der Waals surface area contributed by atoms with E-state index < -0.39 is 23.4 Å². The van der Waals surface area contributed by atoms with Gasteiger partial charge in [-0.2, -0.15) is 13.2 Å². The highest BCUT2D eigenvalue weighted by atomic mass is 127. The summed E-state index contributed by atoms with van der Waals surface area (Å²) in [4.78, 5) is 7.42. The van der Waals surface area contributed by atoms with E-state index in [1.54, 1.807) is 0 Å². The smallest absolute Gasteiger partial charge is 0.434 e. The Hall–Kier alpha value is -1.63. The lowest BCUT2D eigenvalue weighted by molar-refractivity contribution is -0.140. The van der Waals surface area contributed by atoms with Crippen molar-refractivity contribution >= 4 is 41.3 Å².